The van der Waals surface area contributed by atoms with E-state index in [9.17, 15) is 4.79 Å². The first kappa shape index (κ1) is 13.5. The quantitative estimate of drug-likeness (QED) is 0.887. The van der Waals surface area contributed by atoms with Crippen LogP contribution in [0.5, 0.6) is 0 Å². The van der Waals surface area contributed by atoms with Gasteiger partial charge in [0.2, 0.25) is 0 Å². The molecule has 0 unspecified atom stereocenters. The summed E-state index contributed by atoms with van der Waals surface area (Å²) in [6.45, 7) is 2.26. The van der Waals surface area contributed by atoms with Gasteiger partial charge in [-0.2, -0.15) is 0 Å². The van der Waals surface area contributed by atoms with Gasteiger partial charge in [0.15, 0.2) is 0 Å². The summed E-state index contributed by atoms with van der Waals surface area (Å²) < 4.78 is 2.06. The molecule has 0 spiro atoms. The zero-order chi connectivity index (χ0) is 14.1. The van der Waals surface area contributed by atoms with Crippen molar-refractivity contribution in [3.05, 3.63) is 18.0 Å². The van der Waals surface area contributed by atoms with Crippen molar-refractivity contribution in [1.29, 1.82) is 0 Å². The number of carbonyl (C=O) groups is 1. The Morgan fingerprint density at radius 1 is 1.30 bits per heavy atom. The molecule has 3 rings (SSSR count). The van der Waals surface area contributed by atoms with E-state index in [0.717, 1.165) is 37.3 Å². The monoisotopic (exact) mass is 275 g/mol. The van der Waals surface area contributed by atoms with Crippen LogP contribution in [0.4, 0.5) is 5.69 Å². The second kappa shape index (κ2) is 5.51. The normalized spacial score (nSPS) is 26.4. The van der Waals surface area contributed by atoms with Crippen LogP contribution in [-0.2, 0) is 0 Å². The first-order chi connectivity index (χ1) is 9.67. The van der Waals surface area contributed by atoms with Gasteiger partial charge in [-0.25, -0.2) is 0 Å². The fraction of sp³-hybridized carbons (Fsp3) is 0.688. The van der Waals surface area contributed by atoms with E-state index in [0.29, 0.717) is 17.8 Å². The highest BCUT2D eigenvalue weighted by Gasteiger charge is 2.29. The molecule has 2 aliphatic rings. The lowest BCUT2D eigenvalue weighted by atomic mass is 9.84. The molecule has 1 aromatic heterocycles. The Labute approximate surface area is 120 Å². The van der Waals surface area contributed by atoms with Crippen LogP contribution in [0.15, 0.2) is 12.3 Å². The molecule has 4 heteroatoms. The minimum atomic E-state index is 0.0496. The van der Waals surface area contributed by atoms with Crippen LogP contribution >= 0.6 is 0 Å². The average Bonchev–Trinajstić information content (AvgIpc) is 3.22. The van der Waals surface area contributed by atoms with E-state index >= 15 is 0 Å². The SMILES string of the molecule is CCC1CCC(NC(=O)c2cc(N)cn2C2CC2)CC1. The molecule has 3 N–H and O–H groups in total. The molecule has 2 fully saturated rings. The van der Waals surface area contributed by atoms with Crippen LogP contribution in [0.2, 0.25) is 0 Å². The maximum Gasteiger partial charge on any atom is 0.268 e. The smallest absolute Gasteiger partial charge is 0.268 e. The number of carbonyl (C=O) groups excluding carboxylic acids is 1. The lowest BCUT2D eigenvalue weighted by molar-refractivity contribution is 0.0912. The summed E-state index contributed by atoms with van der Waals surface area (Å²) in [7, 11) is 0. The van der Waals surface area contributed by atoms with Crippen molar-refractivity contribution in [3.63, 3.8) is 0 Å². The van der Waals surface area contributed by atoms with Crippen LogP contribution in [0, 0.1) is 5.92 Å². The van der Waals surface area contributed by atoms with Crippen LogP contribution in [-0.4, -0.2) is 16.5 Å². The number of hydrogen-bond acceptors (Lipinski definition) is 2. The van der Waals surface area contributed by atoms with Crippen LogP contribution in [0.3, 0.4) is 0 Å². The Bertz CT molecular complexity index is 482. The molecule has 20 heavy (non-hydrogen) atoms. The van der Waals surface area contributed by atoms with Gasteiger partial charge in [-0.1, -0.05) is 13.3 Å². The summed E-state index contributed by atoms with van der Waals surface area (Å²) in [5.41, 5.74) is 7.28. The van der Waals surface area contributed by atoms with Crippen LogP contribution in [0.1, 0.15) is 68.4 Å². The van der Waals surface area contributed by atoms with Crippen molar-refractivity contribution in [2.45, 2.75) is 64.0 Å². The number of anilines is 1. The minimum absolute atomic E-state index is 0.0496. The second-order valence-corrected chi connectivity index (χ2v) is 6.40. The van der Waals surface area contributed by atoms with E-state index in [2.05, 4.69) is 16.8 Å². The number of nitrogens with two attached hydrogens (primary N) is 1. The molecule has 0 saturated heterocycles. The number of nitrogen functional groups attached to an aromatic ring is 1. The first-order valence-electron chi connectivity index (χ1n) is 7.95. The maximum atomic E-state index is 12.4. The largest absolute Gasteiger partial charge is 0.397 e. The first-order valence-corrected chi connectivity index (χ1v) is 7.95. The predicted octanol–water partition coefficient (Wildman–Crippen LogP) is 3.10. The highest BCUT2D eigenvalue weighted by Crippen LogP contribution is 2.37. The van der Waals surface area contributed by atoms with Gasteiger partial charge in [0, 0.05) is 18.3 Å². The fourth-order valence-electron chi connectivity index (χ4n) is 3.31. The van der Waals surface area contributed by atoms with Gasteiger partial charge in [-0.15, -0.1) is 0 Å². The number of nitrogens with one attached hydrogen (secondary N) is 1. The average molecular weight is 275 g/mol. The number of hydrogen-bond donors (Lipinski definition) is 2. The summed E-state index contributed by atoms with van der Waals surface area (Å²) in [5.74, 6) is 0.905. The zero-order valence-electron chi connectivity index (χ0n) is 12.3. The van der Waals surface area contributed by atoms with Crippen molar-refractivity contribution >= 4 is 11.6 Å². The molecule has 2 saturated carbocycles. The van der Waals surface area contributed by atoms with Crippen LogP contribution in [0.25, 0.3) is 0 Å². The molecule has 0 bridgehead atoms. The van der Waals surface area contributed by atoms with E-state index < -0.39 is 0 Å². The van der Waals surface area contributed by atoms with Crippen molar-refractivity contribution in [2.24, 2.45) is 5.92 Å². The van der Waals surface area contributed by atoms with E-state index in [-0.39, 0.29) is 5.91 Å². The molecule has 1 heterocycles. The van der Waals surface area contributed by atoms with Crippen molar-refractivity contribution in [1.82, 2.24) is 9.88 Å². The molecule has 110 valence electrons. The Morgan fingerprint density at radius 2 is 2.00 bits per heavy atom. The second-order valence-electron chi connectivity index (χ2n) is 6.40. The van der Waals surface area contributed by atoms with Gasteiger partial charge in [-0.05, 0) is 50.5 Å². The summed E-state index contributed by atoms with van der Waals surface area (Å²) in [6, 6.07) is 2.64. The number of rotatable bonds is 4. The van der Waals surface area contributed by atoms with Gasteiger partial charge >= 0.3 is 0 Å². The summed E-state index contributed by atoms with van der Waals surface area (Å²) in [5, 5.41) is 3.20. The van der Waals surface area contributed by atoms with E-state index in [1.807, 2.05) is 12.3 Å². The lowest BCUT2D eigenvalue weighted by Gasteiger charge is -2.28. The molecule has 1 amide bonds. The summed E-state index contributed by atoms with van der Waals surface area (Å²) in [4.78, 5) is 12.4. The molecule has 0 radical (unpaired) electrons. The van der Waals surface area contributed by atoms with E-state index in [1.165, 1.54) is 19.3 Å². The van der Waals surface area contributed by atoms with Gasteiger partial charge in [0.25, 0.3) is 5.91 Å². The third-order valence-corrected chi connectivity index (χ3v) is 4.80. The van der Waals surface area contributed by atoms with Gasteiger partial charge in [0.1, 0.15) is 5.69 Å². The number of aromatic nitrogens is 1. The molecule has 1 aromatic rings. The van der Waals surface area contributed by atoms with Gasteiger partial charge in [-0.3, -0.25) is 4.79 Å². The van der Waals surface area contributed by atoms with Gasteiger partial charge in [0.05, 0.1) is 5.69 Å². The predicted molar refractivity (Wildman–Crippen MR) is 80.6 cm³/mol. The topological polar surface area (TPSA) is 60.1 Å². The fourth-order valence-corrected chi connectivity index (χ4v) is 3.31. The van der Waals surface area contributed by atoms with Crippen LogP contribution < -0.4 is 11.1 Å². The Hall–Kier alpha value is -1.45. The molecule has 0 atom stereocenters. The zero-order valence-corrected chi connectivity index (χ0v) is 12.3. The summed E-state index contributed by atoms with van der Waals surface area (Å²) in [6.07, 6.45) is 10.2. The molecule has 0 aliphatic heterocycles. The molecule has 0 aromatic carbocycles. The van der Waals surface area contributed by atoms with Crippen molar-refractivity contribution in [2.75, 3.05) is 5.73 Å². The highest BCUT2D eigenvalue weighted by molar-refractivity contribution is 5.94. The Kier molecular flexibility index (Phi) is 3.72. The van der Waals surface area contributed by atoms with Crippen molar-refractivity contribution < 1.29 is 4.79 Å². The molecular weight excluding hydrogens is 250 g/mol. The lowest BCUT2D eigenvalue weighted by Crippen LogP contribution is -2.38. The number of amides is 1. The molecule has 2 aliphatic carbocycles. The Balaban J connectivity index is 1.62. The van der Waals surface area contributed by atoms with E-state index in [4.69, 9.17) is 5.73 Å². The number of nitrogens with zero attached hydrogens (tertiary/aromatic N) is 1. The highest BCUT2D eigenvalue weighted by atomic mass is 16.2. The van der Waals surface area contributed by atoms with Gasteiger partial charge < -0.3 is 15.6 Å². The minimum Gasteiger partial charge on any atom is -0.397 e. The standard InChI is InChI=1S/C16H25N3O/c1-2-11-3-5-13(6-4-11)18-16(20)15-9-12(17)10-19(15)14-7-8-14/h9-11,13-14H,2-8,17H2,1H3,(H,18,20). The van der Waals surface area contributed by atoms with Crippen molar-refractivity contribution in [3.8, 4) is 0 Å². The third kappa shape index (κ3) is 2.84. The molecule has 4 nitrogen and oxygen atoms in total. The molecular formula is C16H25N3O. The van der Waals surface area contributed by atoms with E-state index in [1.54, 1.807) is 0 Å². The summed E-state index contributed by atoms with van der Waals surface area (Å²) >= 11 is 0. The maximum absolute atomic E-state index is 12.4. The third-order valence-electron chi connectivity index (χ3n) is 4.80. The Morgan fingerprint density at radius 3 is 2.60 bits per heavy atom.